The lowest BCUT2D eigenvalue weighted by Crippen LogP contribution is -1.95. The van der Waals surface area contributed by atoms with Crippen LogP contribution in [0.3, 0.4) is 0 Å². The van der Waals surface area contributed by atoms with E-state index in [4.69, 9.17) is 0 Å². The largest absolute Gasteiger partial charge is 0.508 e. The number of rotatable bonds is 4. The van der Waals surface area contributed by atoms with Gasteiger partial charge in [0.1, 0.15) is 5.75 Å². The number of phenols is 1. The highest BCUT2D eigenvalue weighted by molar-refractivity contribution is 7.14. The maximum atomic E-state index is 9.56. The summed E-state index contributed by atoms with van der Waals surface area (Å²) in [5, 5.41) is 16.6. The Kier molecular flexibility index (Phi) is 4.39. The number of aromatic nitrogens is 1. The molecule has 1 aromatic heterocycles. The van der Waals surface area contributed by atoms with Crippen molar-refractivity contribution in [1.29, 1.82) is 0 Å². The smallest absolute Gasteiger partial charge is 0.203 e. The van der Waals surface area contributed by atoms with Gasteiger partial charge in [-0.25, -0.2) is 4.98 Å². The third kappa shape index (κ3) is 3.57. The lowest BCUT2D eigenvalue weighted by atomic mass is 10.0. The predicted octanol–water partition coefficient (Wildman–Crippen LogP) is 4.58. The summed E-state index contributed by atoms with van der Waals surface area (Å²) in [5.74, 6) is 0.275. The van der Waals surface area contributed by atoms with Gasteiger partial charge in [-0.05, 0) is 37.1 Å². The Hall–Kier alpha value is -2.66. The maximum Gasteiger partial charge on any atom is 0.203 e. The molecule has 2 aromatic carbocycles. The van der Waals surface area contributed by atoms with Crippen LogP contribution >= 0.6 is 11.3 Å². The van der Waals surface area contributed by atoms with E-state index >= 15 is 0 Å². The number of hydrazone groups is 1. The summed E-state index contributed by atoms with van der Waals surface area (Å²) in [7, 11) is 0. The van der Waals surface area contributed by atoms with Gasteiger partial charge in [0.15, 0.2) is 0 Å². The normalized spacial score (nSPS) is 11.0. The standard InChI is InChI=1S/C18H17N3OS/c1-12-8-15(22)9-13(2)16(12)10-19-21-18-20-17(11-23-18)14-6-4-3-5-7-14/h3-11,22H,1-2H3,(H,20,21). The molecule has 3 rings (SSSR count). The molecule has 0 amide bonds. The molecule has 0 bridgehead atoms. The molecule has 4 nitrogen and oxygen atoms in total. The average Bonchev–Trinajstić information content (AvgIpc) is 2.99. The zero-order valence-electron chi connectivity index (χ0n) is 12.9. The van der Waals surface area contributed by atoms with Crippen LogP contribution in [0, 0.1) is 13.8 Å². The van der Waals surface area contributed by atoms with Crippen LogP contribution in [0.2, 0.25) is 0 Å². The number of aromatic hydroxyl groups is 1. The number of hydrogen-bond donors (Lipinski definition) is 2. The molecule has 0 aliphatic heterocycles. The van der Waals surface area contributed by atoms with Crippen molar-refractivity contribution >= 4 is 22.7 Å². The van der Waals surface area contributed by atoms with Crippen LogP contribution in [0.5, 0.6) is 5.75 Å². The van der Waals surface area contributed by atoms with Gasteiger partial charge in [-0.15, -0.1) is 11.3 Å². The molecule has 0 saturated carbocycles. The Balaban J connectivity index is 1.73. The zero-order chi connectivity index (χ0) is 16.2. The van der Waals surface area contributed by atoms with Crippen LogP contribution in [0.25, 0.3) is 11.3 Å². The highest BCUT2D eigenvalue weighted by Crippen LogP contribution is 2.24. The minimum atomic E-state index is 0.275. The second-order valence-electron chi connectivity index (χ2n) is 5.27. The van der Waals surface area contributed by atoms with Crippen molar-refractivity contribution in [1.82, 2.24) is 4.98 Å². The van der Waals surface area contributed by atoms with E-state index in [2.05, 4.69) is 15.5 Å². The number of hydrogen-bond acceptors (Lipinski definition) is 5. The van der Waals surface area contributed by atoms with Crippen molar-refractivity contribution in [2.24, 2.45) is 5.10 Å². The molecular formula is C18H17N3OS. The molecule has 2 N–H and O–H groups in total. The Labute approximate surface area is 139 Å². The van der Waals surface area contributed by atoms with Gasteiger partial charge < -0.3 is 5.11 Å². The number of aryl methyl sites for hydroxylation is 2. The fraction of sp³-hybridized carbons (Fsp3) is 0.111. The number of benzene rings is 2. The van der Waals surface area contributed by atoms with Gasteiger partial charge in [0, 0.05) is 16.5 Å². The molecule has 0 spiro atoms. The summed E-state index contributed by atoms with van der Waals surface area (Å²) in [6.07, 6.45) is 1.76. The highest BCUT2D eigenvalue weighted by Gasteiger charge is 2.04. The average molecular weight is 323 g/mol. The molecule has 0 atom stereocenters. The van der Waals surface area contributed by atoms with Gasteiger partial charge in [0.2, 0.25) is 5.13 Å². The summed E-state index contributed by atoms with van der Waals surface area (Å²) in [4.78, 5) is 4.52. The van der Waals surface area contributed by atoms with Gasteiger partial charge in [-0.3, -0.25) is 5.43 Å². The van der Waals surface area contributed by atoms with E-state index in [1.165, 1.54) is 11.3 Å². The molecule has 5 heteroatoms. The van der Waals surface area contributed by atoms with Crippen molar-refractivity contribution in [3.63, 3.8) is 0 Å². The van der Waals surface area contributed by atoms with E-state index < -0.39 is 0 Å². The van der Waals surface area contributed by atoms with Gasteiger partial charge in [0.25, 0.3) is 0 Å². The Morgan fingerprint density at radius 3 is 2.52 bits per heavy atom. The van der Waals surface area contributed by atoms with Gasteiger partial charge in [0.05, 0.1) is 11.9 Å². The van der Waals surface area contributed by atoms with E-state index in [0.717, 1.165) is 33.1 Å². The van der Waals surface area contributed by atoms with Crippen molar-refractivity contribution in [3.05, 3.63) is 64.5 Å². The third-order valence-corrected chi connectivity index (χ3v) is 4.25. The quantitative estimate of drug-likeness (QED) is 0.546. The SMILES string of the molecule is Cc1cc(O)cc(C)c1C=NNc1nc(-c2ccccc2)cs1. The van der Waals surface area contributed by atoms with Crippen molar-refractivity contribution in [3.8, 4) is 17.0 Å². The number of anilines is 1. The van der Waals surface area contributed by atoms with Crippen LogP contribution in [-0.4, -0.2) is 16.3 Å². The number of nitrogens with one attached hydrogen (secondary N) is 1. The fourth-order valence-electron chi connectivity index (χ4n) is 2.37. The summed E-state index contributed by atoms with van der Waals surface area (Å²) in [5.41, 5.74) is 7.95. The lowest BCUT2D eigenvalue weighted by Gasteiger charge is -2.05. The highest BCUT2D eigenvalue weighted by atomic mass is 32.1. The van der Waals surface area contributed by atoms with E-state index in [9.17, 15) is 5.11 Å². The third-order valence-electron chi connectivity index (χ3n) is 3.51. The molecule has 0 aliphatic carbocycles. The second kappa shape index (κ2) is 6.62. The van der Waals surface area contributed by atoms with Crippen LogP contribution in [0.15, 0.2) is 52.9 Å². The Morgan fingerprint density at radius 2 is 1.83 bits per heavy atom. The minimum absolute atomic E-state index is 0.275. The van der Waals surface area contributed by atoms with Gasteiger partial charge in [-0.2, -0.15) is 5.10 Å². The van der Waals surface area contributed by atoms with Crippen molar-refractivity contribution < 1.29 is 5.11 Å². The summed E-state index contributed by atoms with van der Waals surface area (Å²) in [6, 6.07) is 13.5. The van der Waals surface area contributed by atoms with E-state index in [1.807, 2.05) is 49.6 Å². The van der Waals surface area contributed by atoms with E-state index in [-0.39, 0.29) is 5.75 Å². The number of phenolic OH excluding ortho intramolecular Hbond substituents is 1. The van der Waals surface area contributed by atoms with Crippen LogP contribution < -0.4 is 5.43 Å². The molecule has 0 saturated heterocycles. The zero-order valence-corrected chi connectivity index (χ0v) is 13.8. The molecular weight excluding hydrogens is 306 g/mol. The topological polar surface area (TPSA) is 57.5 Å². The van der Waals surface area contributed by atoms with Crippen molar-refractivity contribution in [2.75, 3.05) is 5.43 Å². The number of thiazole rings is 1. The van der Waals surface area contributed by atoms with E-state index in [0.29, 0.717) is 0 Å². The second-order valence-corrected chi connectivity index (χ2v) is 6.13. The van der Waals surface area contributed by atoms with Crippen LogP contribution in [0.4, 0.5) is 5.13 Å². The summed E-state index contributed by atoms with van der Waals surface area (Å²) in [6.45, 7) is 3.90. The molecule has 0 unspecified atom stereocenters. The molecule has 116 valence electrons. The summed E-state index contributed by atoms with van der Waals surface area (Å²) >= 11 is 1.51. The molecule has 0 aliphatic rings. The molecule has 0 fully saturated rings. The first kappa shape index (κ1) is 15.2. The molecule has 3 aromatic rings. The monoisotopic (exact) mass is 323 g/mol. The fourth-order valence-corrected chi connectivity index (χ4v) is 3.04. The van der Waals surface area contributed by atoms with Gasteiger partial charge in [-0.1, -0.05) is 30.3 Å². The molecule has 23 heavy (non-hydrogen) atoms. The predicted molar refractivity (Wildman–Crippen MR) is 96.3 cm³/mol. The number of nitrogens with zero attached hydrogens (tertiary/aromatic N) is 2. The summed E-state index contributed by atoms with van der Waals surface area (Å²) < 4.78 is 0. The Morgan fingerprint density at radius 1 is 1.13 bits per heavy atom. The first-order valence-electron chi connectivity index (χ1n) is 7.24. The van der Waals surface area contributed by atoms with Gasteiger partial charge >= 0.3 is 0 Å². The first-order chi connectivity index (χ1) is 11.1. The minimum Gasteiger partial charge on any atom is -0.508 e. The Bertz CT molecular complexity index is 817. The van der Waals surface area contributed by atoms with E-state index in [1.54, 1.807) is 18.3 Å². The molecule has 0 radical (unpaired) electrons. The first-order valence-corrected chi connectivity index (χ1v) is 8.11. The van der Waals surface area contributed by atoms with Crippen molar-refractivity contribution in [2.45, 2.75) is 13.8 Å². The maximum absolute atomic E-state index is 9.56. The molecule has 1 heterocycles. The lowest BCUT2D eigenvalue weighted by molar-refractivity contribution is 0.474. The van der Waals surface area contributed by atoms with Crippen LogP contribution in [0.1, 0.15) is 16.7 Å². The van der Waals surface area contributed by atoms with Crippen LogP contribution in [-0.2, 0) is 0 Å².